The Morgan fingerprint density at radius 3 is 0.676 bits per heavy atom. The first-order valence-electron chi connectivity index (χ1n) is 16.8. The van der Waals surface area contributed by atoms with E-state index in [-0.39, 0.29) is 0 Å². The standard InChI is InChI=1S/C32H68O4Si/c1-5-9-13-17-21-25-29-33-37(34-30-26-22-18-14-10-6-2,35-31-27-23-19-15-11-7-3)36-32-28-24-20-16-12-8-4/h5-32H2,1-4H3. The molecule has 0 N–H and O–H groups in total. The van der Waals surface area contributed by atoms with Crippen LogP contribution in [-0.4, -0.2) is 35.5 Å². The highest BCUT2D eigenvalue weighted by Crippen LogP contribution is 2.18. The van der Waals surface area contributed by atoms with Crippen LogP contribution in [0.4, 0.5) is 0 Å². The van der Waals surface area contributed by atoms with E-state index in [1.807, 2.05) is 0 Å². The summed E-state index contributed by atoms with van der Waals surface area (Å²) in [6.45, 7) is 11.9. The predicted octanol–water partition coefficient (Wildman–Crippen LogP) is 10.9. The van der Waals surface area contributed by atoms with Crippen LogP contribution in [0.25, 0.3) is 0 Å². The SMILES string of the molecule is CCCCCCCCO[Si](OCCCCCCCC)(OCCCCCCCC)OCCCCCCCC. The molecule has 0 aliphatic heterocycles. The fraction of sp³-hybridized carbons (Fsp3) is 1.00. The summed E-state index contributed by atoms with van der Waals surface area (Å²) in [6.07, 6.45) is 30.1. The molecular formula is C32H68O4Si. The van der Waals surface area contributed by atoms with Gasteiger partial charge in [0.1, 0.15) is 0 Å². The van der Waals surface area contributed by atoms with Crippen molar-refractivity contribution in [3.8, 4) is 0 Å². The van der Waals surface area contributed by atoms with Gasteiger partial charge in [0, 0.05) is 26.4 Å². The highest BCUT2D eigenvalue weighted by Gasteiger charge is 2.45. The predicted molar refractivity (Wildman–Crippen MR) is 163 cm³/mol. The molecule has 37 heavy (non-hydrogen) atoms. The van der Waals surface area contributed by atoms with E-state index in [2.05, 4.69) is 27.7 Å². The van der Waals surface area contributed by atoms with Gasteiger partial charge in [-0.15, -0.1) is 0 Å². The smallest absolute Gasteiger partial charge is 0.351 e. The maximum absolute atomic E-state index is 6.44. The Balaban J connectivity index is 4.78. The third-order valence-corrected chi connectivity index (χ3v) is 9.34. The molecule has 5 heteroatoms. The van der Waals surface area contributed by atoms with Crippen LogP contribution in [0, 0.1) is 0 Å². The van der Waals surface area contributed by atoms with Gasteiger partial charge in [0.25, 0.3) is 0 Å². The van der Waals surface area contributed by atoms with Crippen LogP contribution >= 0.6 is 0 Å². The van der Waals surface area contributed by atoms with Gasteiger partial charge in [-0.3, -0.25) is 0 Å². The lowest BCUT2D eigenvalue weighted by molar-refractivity contribution is -0.0375. The lowest BCUT2D eigenvalue weighted by atomic mass is 10.1. The first-order valence-corrected chi connectivity index (χ1v) is 18.4. The molecule has 0 fully saturated rings. The third kappa shape index (κ3) is 26.1. The molecule has 0 atom stereocenters. The Morgan fingerprint density at radius 2 is 0.459 bits per heavy atom. The van der Waals surface area contributed by atoms with Crippen molar-refractivity contribution >= 4 is 9.05 Å². The van der Waals surface area contributed by atoms with Gasteiger partial charge in [0.15, 0.2) is 0 Å². The molecule has 0 saturated heterocycles. The molecule has 0 amide bonds. The summed E-state index contributed by atoms with van der Waals surface area (Å²) < 4.78 is 25.8. The summed E-state index contributed by atoms with van der Waals surface area (Å²) in [4.78, 5) is 0. The average molecular weight is 545 g/mol. The van der Waals surface area contributed by atoms with Crippen molar-refractivity contribution in [1.82, 2.24) is 0 Å². The van der Waals surface area contributed by atoms with Gasteiger partial charge in [0.05, 0.1) is 0 Å². The molecule has 0 bridgehead atoms. The molecule has 0 rings (SSSR count). The summed E-state index contributed by atoms with van der Waals surface area (Å²) in [5.74, 6) is 0. The number of hydrogen-bond acceptors (Lipinski definition) is 4. The van der Waals surface area contributed by atoms with Crippen LogP contribution in [0.3, 0.4) is 0 Å². The van der Waals surface area contributed by atoms with Crippen molar-refractivity contribution in [2.24, 2.45) is 0 Å². The molecule has 0 aromatic heterocycles. The maximum atomic E-state index is 6.44. The second kappa shape index (κ2) is 30.6. The van der Waals surface area contributed by atoms with E-state index in [1.165, 1.54) is 128 Å². The van der Waals surface area contributed by atoms with Crippen molar-refractivity contribution in [2.75, 3.05) is 26.4 Å². The zero-order valence-corrected chi connectivity index (χ0v) is 26.9. The third-order valence-electron chi connectivity index (χ3n) is 7.11. The van der Waals surface area contributed by atoms with E-state index < -0.39 is 9.05 Å². The molecule has 0 radical (unpaired) electrons. The summed E-state index contributed by atoms with van der Waals surface area (Å²) in [5, 5.41) is 0. The average Bonchev–Trinajstić information content (AvgIpc) is 2.91. The summed E-state index contributed by atoms with van der Waals surface area (Å²) in [7, 11) is -3.10. The highest BCUT2D eigenvalue weighted by molar-refractivity contribution is 6.53. The van der Waals surface area contributed by atoms with Gasteiger partial charge in [0.2, 0.25) is 0 Å². The van der Waals surface area contributed by atoms with Gasteiger partial charge in [-0.05, 0) is 25.7 Å². The van der Waals surface area contributed by atoms with Crippen LogP contribution in [0.2, 0.25) is 0 Å². The molecule has 0 unspecified atom stereocenters. The van der Waals surface area contributed by atoms with Crippen molar-refractivity contribution in [3.05, 3.63) is 0 Å². The summed E-state index contributed by atoms with van der Waals surface area (Å²) in [5.41, 5.74) is 0. The van der Waals surface area contributed by atoms with Gasteiger partial charge in [-0.25, -0.2) is 0 Å². The zero-order chi connectivity index (χ0) is 27.1. The Bertz CT molecular complexity index is 344. The van der Waals surface area contributed by atoms with E-state index in [0.717, 1.165) is 25.7 Å². The second-order valence-corrected chi connectivity index (χ2v) is 13.1. The van der Waals surface area contributed by atoms with E-state index in [4.69, 9.17) is 17.7 Å². The first-order chi connectivity index (χ1) is 18.2. The van der Waals surface area contributed by atoms with Gasteiger partial charge < -0.3 is 17.7 Å². The zero-order valence-electron chi connectivity index (χ0n) is 25.9. The van der Waals surface area contributed by atoms with Crippen LogP contribution in [0.1, 0.15) is 182 Å². The molecule has 224 valence electrons. The van der Waals surface area contributed by atoms with Crippen molar-refractivity contribution in [2.45, 2.75) is 182 Å². The maximum Gasteiger partial charge on any atom is 0.679 e. The van der Waals surface area contributed by atoms with E-state index >= 15 is 0 Å². The van der Waals surface area contributed by atoms with Crippen LogP contribution in [0.15, 0.2) is 0 Å². The largest absolute Gasteiger partial charge is 0.679 e. The molecule has 0 spiro atoms. The van der Waals surface area contributed by atoms with Crippen molar-refractivity contribution < 1.29 is 17.7 Å². The molecule has 0 saturated carbocycles. The summed E-state index contributed by atoms with van der Waals surface area (Å²) >= 11 is 0. The minimum atomic E-state index is -3.10. The molecule has 0 heterocycles. The normalized spacial score (nSPS) is 12.0. The molecule has 0 aliphatic rings. The van der Waals surface area contributed by atoms with Gasteiger partial charge >= 0.3 is 9.05 Å². The van der Waals surface area contributed by atoms with Gasteiger partial charge in [-0.2, -0.15) is 0 Å². The molecule has 0 aromatic rings. The van der Waals surface area contributed by atoms with Crippen LogP contribution < -0.4 is 0 Å². The number of unbranched alkanes of at least 4 members (excludes halogenated alkanes) is 20. The fourth-order valence-corrected chi connectivity index (χ4v) is 6.65. The lowest BCUT2D eigenvalue weighted by Gasteiger charge is -2.28. The highest BCUT2D eigenvalue weighted by atomic mass is 28.4. The monoisotopic (exact) mass is 544 g/mol. The van der Waals surface area contributed by atoms with Crippen LogP contribution in [-0.2, 0) is 17.7 Å². The van der Waals surface area contributed by atoms with E-state index in [9.17, 15) is 0 Å². The van der Waals surface area contributed by atoms with Crippen LogP contribution in [0.5, 0.6) is 0 Å². The minimum absolute atomic E-state index is 0.696. The van der Waals surface area contributed by atoms with Crippen molar-refractivity contribution in [1.29, 1.82) is 0 Å². The Kier molecular flexibility index (Phi) is 30.6. The van der Waals surface area contributed by atoms with Gasteiger partial charge in [-0.1, -0.05) is 156 Å². The molecule has 0 aromatic carbocycles. The minimum Gasteiger partial charge on any atom is -0.351 e. The number of hydrogen-bond donors (Lipinski definition) is 0. The molecular weight excluding hydrogens is 476 g/mol. The molecule has 4 nitrogen and oxygen atoms in total. The topological polar surface area (TPSA) is 36.9 Å². The molecule has 0 aliphatic carbocycles. The summed E-state index contributed by atoms with van der Waals surface area (Å²) in [6, 6.07) is 0. The second-order valence-electron chi connectivity index (χ2n) is 11.0. The van der Waals surface area contributed by atoms with Crippen molar-refractivity contribution in [3.63, 3.8) is 0 Å². The Labute approximate surface area is 234 Å². The number of rotatable bonds is 32. The lowest BCUT2D eigenvalue weighted by Crippen LogP contribution is -2.50. The Hall–Kier alpha value is 0.0569. The first kappa shape index (κ1) is 37.1. The fourth-order valence-electron chi connectivity index (χ4n) is 4.57. The Morgan fingerprint density at radius 1 is 0.270 bits per heavy atom. The van der Waals surface area contributed by atoms with E-state index in [1.54, 1.807) is 0 Å². The van der Waals surface area contributed by atoms with E-state index in [0.29, 0.717) is 26.4 Å². The quantitative estimate of drug-likeness (QED) is 0.0623.